The van der Waals surface area contributed by atoms with Gasteiger partial charge in [-0.15, -0.1) is 0 Å². The second-order valence-corrected chi connectivity index (χ2v) is 4.21. The first-order chi connectivity index (χ1) is 9.18. The van der Waals surface area contributed by atoms with E-state index in [0.29, 0.717) is 5.56 Å². The number of hydrogen-bond donors (Lipinski definition) is 1. The topological polar surface area (TPSA) is 63.6 Å². The second-order valence-electron chi connectivity index (χ2n) is 4.21. The molecule has 2 aromatic carbocycles. The Morgan fingerprint density at radius 1 is 1.05 bits per heavy atom. The van der Waals surface area contributed by atoms with Gasteiger partial charge in [-0.25, -0.2) is 0 Å². The van der Waals surface area contributed by atoms with Crippen LogP contribution < -0.4 is 4.74 Å². The fourth-order valence-corrected chi connectivity index (χ4v) is 2.12. The van der Waals surface area contributed by atoms with Crippen LogP contribution in [0.15, 0.2) is 48.5 Å². The highest BCUT2D eigenvalue weighted by Crippen LogP contribution is 2.31. The van der Waals surface area contributed by atoms with Crippen molar-refractivity contribution in [3.63, 3.8) is 0 Å². The van der Waals surface area contributed by atoms with Gasteiger partial charge in [0.15, 0.2) is 5.78 Å². The van der Waals surface area contributed by atoms with Crippen molar-refractivity contribution in [3.05, 3.63) is 65.2 Å². The molecule has 0 amide bonds. The Balaban J connectivity index is 2.11. The Morgan fingerprint density at radius 3 is 2.53 bits per heavy atom. The van der Waals surface area contributed by atoms with Crippen molar-refractivity contribution in [3.8, 4) is 5.75 Å². The van der Waals surface area contributed by atoms with Gasteiger partial charge in [-0.2, -0.15) is 0 Å². The number of hydrogen-bond acceptors (Lipinski definition) is 4. The lowest BCUT2D eigenvalue weighted by Gasteiger charge is -2.04. The molecule has 1 atom stereocenters. The van der Waals surface area contributed by atoms with E-state index >= 15 is 0 Å². The lowest BCUT2D eigenvalue weighted by atomic mass is 9.96. The number of ether oxygens (including phenoxy) is 1. The smallest absolute Gasteiger partial charge is 0.262 e. The van der Waals surface area contributed by atoms with Crippen LogP contribution in [0, 0.1) is 0 Å². The molecule has 0 aromatic heterocycles. The highest BCUT2D eigenvalue weighted by Gasteiger charge is 2.34. The maximum absolute atomic E-state index is 12.4. The van der Waals surface area contributed by atoms with Gasteiger partial charge in [0.05, 0.1) is 5.56 Å². The zero-order valence-corrected chi connectivity index (χ0v) is 9.87. The molecule has 2 aromatic rings. The van der Waals surface area contributed by atoms with Crippen molar-refractivity contribution in [2.75, 3.05) is 0 Å². The summed E-state index contributed by atoms with van der Waals surface area (Å²) in [5, 5.41) is 9.41. The van der Waals surface area contributed by atoms with Gasteiger partial charge in [-0.3, -0.25) is 9.59 Å². The first kappa shape index (κ1) is 11.6. The minimum Gasteiger partial charge on any atom is -0.456 e. The molecule has 0 fully saturated rings. The normalized spacial score (nSPS) is 16.9. The van der Waals surface area contributed by atoms with Crippen molar-refractivity contribution in [2.24, 2.45) is 0 Å². The molecule has 0 saturated carbocycles. The summed E-state index contributed by atoms with van der Waals surface area (Å²) < 4.78 is 5.00. The van der Waals surface area contributed by atoms with Crippen LogP contribution in [0.4, 0.5) is 0 Å². The van der Waals surface area contributed by atoms with Gasteiger partial charge >= 0.3 is 0 Å². The number of carbonyl (C=O) groups excluding carboxylic acids is 2. The Kier molecular flexibility index (Phi) is 2.65. The van der Waals surface area contributed by atoms with Gasteiger partial charge in [0.25, 0.3) is 6.29 Å². The average Bonchev–Trinajstić information content (AvgIpc) is 2.74. The van der Waals surface area contributed by atoms with Gasteiger partial charge in [0.2, 0.25) is 5.78 Å². The predicted molar refractivity (Wildman–Crippen MR) is 67.3 cm³/mol. The number of fused-ring (bicyclic) bond motifs is 1. The number of carbonyl (C=O) groups is 2. The molecule has 4 heteroatoms. The lowest BCUT2D eigenvalue weighted by molar-refractivity contribution is 0.00865. The average molecular weight is 254 g/mol. The third kappa shape index (κ3) is 1.82. The van der Waals surface area contributed by atoms with Crippen LogP contribution in [0.2, 0.25) is 0 Å². The number of ketones is 2. The van der Waals surface area contributed by atoms with Crippen molar-refractivity contribution in [2.45, 2.75) is 6.29 Å². The quantitative estimate of drug-likeness (QED) is 0.830. The molecular formula is C15H10O4. The van der Waals surface area contributed by atoms with E-state index in [1.165, 1.54) is 0 Å². The van der Waals surface area contributed by atoms with Crippen molar-refractivity contribution in [1.82, 2.24) is 0 Å². The van der Waals surface area contributed by atoms with Gasteiger partial charge in [-0.1, -0.05) is 42.5 Å². The lowest BCUT2D eigenvalue weighted by Crippen LogP contribution is -2.20. The van der Waals surface area contributed by atoms with E-state index in [4.69, 9.17) is 4.74 Å². The highest BCUT2D eigenvalue weighted by molar-refractivity contribution is 6.18. The molecule has 1 N–H and O–H groups in total. The molecule has 1 aliphatic rings. The van der Waals surface area contributed by atoms with Gasteiger partial charge in [0, 0.05) is 11.1 Å². The van der Waals surface area contributed by atoms with Gasteiger partial charge in [0.1, 0.15) is 5.75 Å². The molecule has 0 saturated heterocycles. The van der Waals surface area contributed by atoms with Crippen LogP contribution >= 0.6 is 0 Å². The molecule has 0 aliphatic carbocycles. The largest absolute Gasteiger partial charge is 0.456 e. The van der Waals surface area contributed by atoms with Crippen molar-refractivity contribution >= 4 is 11.6 Å². The van der Waals surface area contributed by atoms with Crippen LogP contribution in [-0.4, -0.2) is 23.0 Å². The molecule has 0 spiro atoms. The minimum absolute atomic E-state index is 0.156. The van der Waals surface area contributed by atoms with Crippen LogP contribution in [0.5, 0.6) is 5.75 Å². The fraction of sp³-hybridized carbons (Fsp3) is 0.0667. The summed E-state index contributed by atoms with van der Waals surface area (Å²) in [6, 6.07) is 13.4. The molecule has 3 rings (SSSR count). The number of aliphatic hydroxyl groups excluding tert-OH is 1. The van der Waals surface area contributed by atoms with E-state index < -0.39 is 12.1 Å². The highest BCUT2D eigenvalue weighted by atomic mass is 16.6. The second kappa shape index (κ2) is 4.33. The molecule has 0 radical (unpaired) electrons. The van der Waals surface area contributed by atoms with E-state index in [1.54, 1.807) is 42.5 Å². The van der Waals surface area contributed by atoms with E-state index in [9.17, 15) is 14.7 Å². The van der Waals surface area contributed by atoms with Crippen LogP contribution in [0.1, 0.15) is 26.3 Å². The molecule has 19 heavy (non-hydrogen) atoms. The number of Topliss-reactive ketones (excluding diaryl/α,β-unsaturated/α-hetero) is 1. The Hall–Kier alpha value is -2.46. The Morgan fingerprint density at radius 2 is 1.79 bits per heavy atom. The van der Waals surface area contributed by atoms with Crippen LogP contribution in [0.25, 0.3) is 0 Å². The van der Waals surface area contributed by atoms with Gasteiger partial charge < -0.3 is 9.84 Å². The summed E-state index contributed by atoms with van der Waals surface area (Å²) in [5.41, 5.74) is 0.902. The molecular weight excluding hydrogens is 244 g/mol. The summed E-state index contributed by atoms with van der Waals surface area (Å²) in [6.07, 6.45) is -1.51. The Bertz CT molecular complexity index is 661. The Labute approximate surface area is 109 Å². The molecule has 4 nitrogen and oxygen atoms in total. The van der Waals surface area contributed by atoms with Crippen molar-refractivity contribution < 1.29 is 19.4 Å². The minimum atomic E-state index is -1.51. The molecule has 1 aliphatic heterocycles. The maximum atomic E-state index is 12.4. The summed E-state index contributed by atoms with van der Waals surface area (Å²) in [4.78, 5) is 24.2. The maximum Gasteiger partial charge on any atom is 0.262 e. The summed E-state index contributed by atoms with van der Waals surface area (Å²) >= 11 is 0. The molecule has 94 valence electrons. The number of benzene rings is 2. The van der Waals surface area contributed by atoms with Crippen molar-refractivity contribution in [1.29, 1.82) is 0 Å². The number of aliphatic hydroxyl groups is 1. The SMILES string of the molecule is O=C(c1ccccc1)c1cccc2c1C(=O)C(O)O2. The van der Waals surface area contributed by atoms with Crippen LogP contribution in [-0.2, 0) is 0 Å². The zero-order valence-electron chi connectivity index (χ0n) is 9.87. The third-order valence-electron chi connectivity index (χ3n) is 3.02. The van der Waals surface area contributed by atoms with E-state index in [0.717, 1.165) is 0 Å². The molecule has 1 unspecified atom stereocenters. The zero-order chi connectivity index (χ0) is 13.4. The summed E-state index contributed by atoms with van der Waals surface area (Å²) in [7, 11) is 0. The van der Waals surface area contributed by atoms with E-state index in [1.807, 2.05) is 6.07 Å². The standard InChI is InChI=1S/C15H10O4/c16-13(9-5-2-1-3-6-9)10-7-4-8-11-12(10)14(17)15(18)19-11/h1-8,15,18H. The first-order valence-electron chi connectivity index (χ1n) is 5.80. The van der Waals surface area contributed by atoms with Gasteiger partial charge in [-0.05, 0) is 6.07 Å². The summed E-state index contributed by atoms with van der Waals surface area (Å²) in [5.74, 6) is -0.585. The third-order valence-corrected chi connectivity index (χ3v) is 3.02. The molecule has 0 bridgehead atoms. The van der Waals surface area contributed by atoms with E-state index in [-0.39, 0.29) is 22.7 Å². The fourth-order valence-electron chi connectivity index (χ4n) is 2.12. The van der Waals surface area contributed by atoms with E-state index in [2.05, 4.69) is 0 Å². The van der Waals surface area contributed by atoms with Crippen LogP contribution in [0.3, 0.4) is 0 Å². The number of rotatable bonds is 2. The monoisotopic (exact) mass is 254 g/mol. The first-order valence-corrected chi connectivity index (χ1v) is 5.80. The molecule has 1 heterocycles. The summed E-state index contributed by atoms with van der Waals surface area (Å²) in [6.45, 7) is 0. The predicted octanol–water partition coefficient (Wildman–Crippen LogP) is 1.81.